The monoisotopic (exact) mass is 294 g/mol. The van der Waals surface area contributed by atoms with Crippen LogP contribution >= 0.6 is 0 Å². The van der Waals surface area contributed by atoms with Crippen LogP contribution in [-0.4, -0.2) is 32.7 Å². The molecule has 0 heterocycles. The fourth-order valence-electron chi connectivity index (χ4n) is 2.04. The molecule has 118 valence electrons. The van der Waals surface area contributed by atoms with E-state index in [0.717, 1.165) is 18.4 Å². The Bertz CT molecular complexity index is 445. The number of carbonyl (C=O) groups excluding carboxylic acids is 1. The van der Waals surface area contributed by atoms with Gasteiger partial charge in [-0.25, -0.2) is 0 Å². The van der Waals surface area contributed by atoms with Crippen molar-refractivity contribution in [3.05, 3.63) is 23.8 Å². The summed E-state index contributed by atoms with van der Waals surface area (Å²) in [6, 6.07) is 5.83. The molecule has 5 nitrogen and oxygen atoms in total. The summed E-state index contributed by atoms with van der Waals surface area (Å²) in [6.07, 6.45) is 1.85. The fraction of sp³-hybridized carbons (Fsp3) is 0.562. The van der Waals surface area contributed by atoms with Crippen molar-refractivity contribution >= 4 is 5.91 Å². The van der Waals surface area contributed by atoms with Crippen LogP contribution in [0.25, 0.3) is 0 Å². The second-order valence-electron chi connectivity index (χ2n) is 4.87. The van der Waals surface area contributed by atoms with Gasteiger partial charge >= 0.3 is 0 Å². The number of hydrogen-bond acceptors (Lipinski definition) is 4. The Kier molecular flexibility index (Phi) is 7.61. The Morgan fingerprint density at radius 2 is 2.00 bits per heavy atom. The van der Waals surface area contributed by atoms with Crippen LogP contribution < -0.4 is 20.1 Å². The summed E-state index contributed by atoms with van der Waals surface area (Å²) in [6.45, 7) is 4.80. The van der Waals surface area contributed by atoms with E-state index in [-0.39, 0.29) is 18.6 Å². The summed E-state index contributed by atoms with van der Waals surface area (Å²) in [4.78, 5) is 11.9. The zero-order chi connectivity index (χ0) is 15.7. The highest BCUT2D eigenvalue weighted by Gasteiger charge is 2.11. The summed E-state index contributed by atoms with van der Waals surface area (Å²) in [7, 11) is 3.48. The van der Waals surface area contributed by atoms with Crippen LogP contribution in [0, 0.1) is 0 Å². The van der Waals surface area contributed by atoms with Crippen LogP contribution in [0.15, 0.2) is 18.2 Å². The van der Waals surface area contributed by atoms with E-state index in [0.29, 0.717) is 18.0 Å². The minimum absolute atomic E-state index is 0.0143. The van der Waals surface area contributed by atoms with Gasteiger partial charge in [-0.05, 0) is 26.0 Å². The molecular formula is C16H26N2O3. The molecule has 0 aliphatic carbocycles. The molecule has 1 rings (SSSR count). The van der Waals surface area contributed by atoms with E-state index in [1.54, 1.807) is 13.2 Å². The highest BCUT2D eigenvalue weighted by atomic mass is 16.5. The van der Waals surface area contributed by atoms with Crippen LogP contribution in [0.2, 0.25) is 0 Å². The lowest BCUT2D eigenvalue weighted by Crippen LogP contribution is -2.37. The SMILES string of the molecule is CCC(CC)NC(=O)COc1cc(OC)ccc1CNC. The van der Waals surface area contributed by atoms with Crippen LogP contribution in [-0.2, 0) is 11.3 Å². The molecular weight excluding hydrogens is 268 g/mol. The van der Waals surface area contributed by atoms with Crippen molar-refractivity contribution in [1.82, 2.24) is 10.6 Å². The van der Waals surface area contributed by atoms with Gasteiger partial charge in [-0.15, -0.1) is 0 Å². The largest absolute Gasteiger partial charge is 0.497 e. The Morgan fingerprint density at radius 1 is 1.29 bits per heavy atom. The summed E-state index contributed by atoms with van der Waals surface area (Å²) >= 11 is 0. The van der Waals surface area contributed by atoms with E-state index < -0.39 is 0 Å². The van der Waals surface area contributed by atoms with Crippen molar-refractivity contribution in [2.24, 2.45) is 0 Å². The number of amides is 1. The molecule has 0 spiro atoms. The number of rotatable bonds is 9. The van der Waals surface area contributed by atoms with Gasteiger partial charge in [-0.2, -0.15) is 0 Å². The lowest BCUT2D eigenvalue weighted by atomic mass is 10.2. The van der Waals surface area contributed by atoms with Gasteiger partial charge in [-0.3, -0.25) is 4.79 Å². The third kappa shape index (κ3) is 5.63. The molecule has 5 heteroatoms. The second kappa shape index (κ2) is 9.23. The molecule has 1 aromatic rings. The second-order valence-corrected chi connectivity index (χ2v) is 4.87. The molecule has 21 heavy (non-hydrogen) atoms. The van der Waals surface area contributed by atoms with Gasteiger partial charge in [0.15, 0.2) is 6.61 Å². The van der Waals surface area contributed by atoms with Gasteiger partial charge in [0.2, 0.25) is 0 Å². The molecule has 0 bridgehead atoms. The lowest BCUT2D eigenvalue weighted by Gasteiger charge is -2.16. The Morgan fingerprint density at radius 3 is 2.57 bits per heavy atom. The highest BCUT2D eigenvalue weighted by Crippen LogP contribution is 2.24. The van der Waals surface area contributed by atoms with Gasteiger partial charge in [-0.1, -0.05) is 19.9 Å². The van der Waals surface area contributed by atoms with Crippen LogP contribution in [0.1, 0.15) is 32.3 Å². The van der Waals surface area contributed by atoms with Gasteiger partial charge in [0.05, 0.1) is 7.11 Å². The zero-order valence-corrected chi connectivity index (χ0v) is 13.4. The summed E-state index contributed by atoms with van der Waals surface area (Å²) < 4.78 is 10.8. The average molecular weight is 294 g/mol. The summed E-state index contributed by atoms with van der Waals surface area (Å²) in [5, 5.41) is 6.03. The maximum absolute atomic E-state index is 11.9. The van der Waals surface area contributed by atoms with Gasteiger partial charge in [0.25, 0.3) is 5.91 Å². The Balaban J connectivity index is 2.66. The van der Waals surface area contributed by atoms with Crippen molar-refractivity contribution in [2.45, 2.75) is 39.3 Å². The first-order valence-corrected chi connectivity index (χ1v) is 7.38. The minimum atomic E-state index is -0.0954. The minimum Gasteiger partial charge on any atom is -0.497 e. The molecule has 0 saturated heterocycles. The molecule has 1 aromatic carbocycles. The van der Waals surface area contributed by atoms with Crippen LogP contribution in [0.4, 0.5) is 0 Å². The van der Waals surface area contributed by atoms with Crippen molar-refractivity contribution in [3.8, 4) is 11.5 Å². The van der Waals surface area contributed by atoms with Crippen molar-refractivity contribution in [1.29, 1.82) is 0 Å². The van der Waals surface area contributed by atoms with E-state index in [1.807, 2.05) is 19.2 Å². The maximum atomic E-state index is 11.9. The molecule has 0 aromatic heterocycles. The topological polar surface area (TPSA) is 59.6 Å². The molecule has 0 fully saturated rings. The first-order chi connectivity index (χ1) is 10.1. The predicted octanol–water partition coefficient (Wildman–Crippen LogP) is 2.10. The molecule has 0 aliphatic rings. The molecule has 1 amide bonds. The number of benzene rings is 1. The molecule has 0 radical (unpaired) electrons. The molecule has 2 N–H and O–H groups in total. The maximum Gasteiger partial charge on any atom is 0.258 e. The summed E-state index contributed by atoms with van der Waals surface area (Å²) in [5.41, 5.74) is 0.994. The van der Waals surface area contributed by atoms with E-state index >= 15 is 0 Å². The fourth-order valence-corrected chi connectivity index (χ4v) is 2.04. The Hall–Kier alpha value is -1.75. The first kappa shape index (κ1) is 17.3. The van der Waals surface area contributed by atoms with Crippen LogP contribution in [0.5, 0.6) is 11.5 Å². The highest BCUT2D eigenvalue weighted by molar-refractivity contribution is 5.77. The number of carbonyl (C=O) groups is 1. The number of methoxy groups -OCH3 is 1. The van der Waals surface area contributed by atoms with Gasteiger partial charge in [0, 0.05) is 24.2 Å². The smallest absolute Gasteiger partial charge is 0.258 e. The van der Waals surface area contributed by atoms with Crippen LogP contribution in [0.3, 0.4) is 0 Å². The number of hydrogen-bond donors (Lipinski definition) is 2. The third-order valence-electron chi connectivity index (χ3n) is 3.35. The molecule has 0 saturated carbocycles. The normalized spacial score (nSPS) is 10.5. The van der Waals surface area contributed by atoms with Gasteiger partial charge < -0.3 is 20.1 Å². The zero-order valence-electron chi connectivity index (χ0n) is 13.4. The van der Waals surface area contributed by atoms with E-state index in [1.165, 1.54) is 0 Å². The van der Waals surface area contributed by atoms with E-state index in [4.69, 9.17) is 9.47 Å². The standard InChI is InChI=1S/C16H26N2O3/c1-5-13(6-2)18-16(19)11-21-15-9-14(20-4)8-7-12(15)10-17-3/h7-9,13,17H,5-6,10-11H2,1-4H3,(H,18,19). The number of nitrogens with one attached hydrogen (secondary N) is 2. The lowest BCUT2D eigenvalue weighted by molar-refractivity contribution is -0.123. The third-order valence-corrected chi connectivity index (χ3v) is 3.35. The Labute approximate surface area is 127 Å². The predicted molar refractivity (Wildman–Crippen MR) is 83.8 cm³/mol. The molecule has 0 aliphatic heterocycles. The molecule has 0 unspecified atom stereocenters. The van der Waals surface area contributed by atoms with Crippen molar-refractivity contribution < 1.29 is 14.3 Å². The van der Waals surface area contributed by atoms with E-state index in [9.17, 15) is 4.79 Å². The average Bonchev–Trinajstić information content (AvgIpc) is 2.51. The van der Waals surface area contributed by atoms with Crippen molar-refractivity contribution in [3.63, 3.8) is 0 Å². The quantitative estimate of drug-likeness (QED) is 0.732. The first-order valence-electron chi connectivity index (χ1n) is 7.38. The molecule has 0 atom stereocenters. The van der Waals surface area contributed by atoms with E-state index in [2.05, 4.69) is 24.5 Å². The summed E-state index contributed by atoms with van der Waals surface area (Å²) in [5.74, 6) is 1.29. The van der Waals surface area contributed by atoms with Crippen molar-refractivity contribution in [2.75, 3.05) is 20.8 Å². The number of ether oxygens (including phenoxy) is 2. The van der Waals surface area contributed by atoms with Gasteiger partial charge in [0.1, 0.15) is 11.5 Å².